The van der Waals surface area contributed by atoms with Crippen LogP contribution in [0.2, 0.25) is 0 Å². The lowest BCUT2D eigenvalue weighted by Gasteiger charge is -2.35. The van der Waals surface area contributed by atoms with Crippen molar-refractivity contribution in [2.45, 2.75) is 50.6 Å². The summed E-state index contributed by atoms with van der Waals surface area (Å²) in [6, 6.07) is 18.0. The Hall–Kier alpha value is -3.15. The second-order valence-electron chi connectivity index (χ2n) is 9.24. The Balaban J connectivity index is 1.33. The van der Waals surface area contributed by atoms with Crippen molar-refractivity contribution in [3.05, 3.63) is 65.7 Å². The first-order valence-corrected chi connectivity index (χ1v) is 11.0. The van der Waals surface area contributed by atoms with E-state index in [1.165, 1.54) is 5.56 Å². The number of rotatable bonds is 5. The van der Waals surface area contributed by atoms with Crippen LogP contribution in [0.25, 0.3) is 0 Å². The van der Waals surface area contributed by atoms with Crippen LogP contribution in [-0.2, 0) is 16.1 Å². The molecule has 0 radical (unpaired) electrons. The molecule has 160 valence electrons. The first-order chi connectivity index (χ1) is 14.9. The Morgan fingerprint density at radius 2 is 1.84 bits per heavy atom. The minimum absolute atomic E-state index is 0.0219. The Bertz CT molecular complexity index is 1050. The molecule has 1 saturated heterocycles. The molecular weight excluding hydrogens is 388 g/mol. The van der Waals surface area contributed by atoms with E-state index in [0.29, 0.717) is 37.8 Å². The molecule has 2 heterocycles. The quantitative estimate of drug-likeness (QED) is 0.811. The topological polar surface area (TPSA) is 79.0 Å². The monoisotopic (exact) mass is 416 g/mol. The smallest absolute Gasteiger partial charge is 0.232 e. The van der Waals surface area contributed by atoms with E-state index in [-0.39, 0.29) is 23.3 Å². The lowest BCUT2D eigenvalue weighted by molar-refractivity contribution is -0.130. The van der Waals surface area contributed by atoms with Crippen LogP contribution >= 0.6 is 0 Å². The highest BCUT2D eigenvalue weighted by Gasteiger charge is 2.46. The SMILES string of the molecule is C[C@@]1(C2CC2)CC(=O)N(Cc2cccc(N3C[C@@H](c4ccccc4)CC3=O)c2)C(N)=N1. The van der Waals surface area contributed by atoms with Gasteiger partial charge in [-0.25, -0.2) is 4.99 Å². The molecule has 1 saturated carbocycles. The number of aliphatic imine (C=N–C) groups is 1. The van der Waals surface area contributed by atoms with Crippen LogP contribution in [-0.4, -0.2) is 34.8 Å². The summed E-state index contributed by atoms with van der Waals surface area (Å²) < 4.78 is 0. The highest BCUT2D eigenvalue weighted by molar-refractivity contribution is 5.99. The van der Waals surface area contributed by atoms with Crippen LogP contribution in [0.1, 0.15) is 49.7 Å². The van der Waals surface area contributed by atoms with E-state index in [0.717, 1.165) is 24.1 Å². The lowest BCUT2D eigenvalue weighted by Crippen LogP contribution is -2.50. The molecule has 3 aliphatic rings. The molecule has 5 rings (SSSR count). The fourth-order valence-electron chi connectivity index (χ4n) is 4.91. The molecule has 2 atom stereocenters. The van der Waals surface area contributed by atoms with E-state index in [2.05, 4.69) is 12.1 Å². The van der Waals surface area contributed by atoms with Crippen LogP contribution in [0.15, 0.2) is 59.6 Å². The van der Waals surface area contributed by atoms with Crippen LogP contribution in [0.5, 0.6) is 0 Å². The Labute approximate surface area is 182 Å². The van der Waals surface area contributed by atoms with E-state index >= 15 is 0 Å². The van der Waals surface area contributed by atoms with Gasteiger partial charge in [-0.05, 0) is 48.9 Å². The predicted octanol–water partition coefficient (Wildman–Crippen LogP) is 3.42. The van der Waals surface area contributed by atoms with Crippen molar-refractivity contribution in [1.29, 1.82) is 0 Å². The molecule has 1 aliphatic carbocycles. The van der Waals surface area contributed by atoms with Gasteiger partial charge in [0.2, 0.25) is 11.8 Å². The third-order valence-corrected chi connectivity index (χ3v) is 6.87. The molecule has 2 N–H and O–H groups in total. The number of carbonyl (C=O) groups excluding carboxylic acids is 2. The molecule has 2 fully saturated rings. The van der Waals surface area contributed by atoms with E-state index in [4.69, 9.17) is 10.7 Å². The molecule has 6 heteroatoms. The van der Waals surface area contributed by atoms with Gasteiger partial charge in [-0.2, -0.15) is 0 Å². The van der Waals surface area contributed by atoms with Gasteiger partial charge in [0.1, 0.15) is 0 Å². The number of anilines is 1. The van der Waals surface area contributed by atoms with Crippen molar-refractivity contribution in [3.63, 3.8) is 0 Å². The van der Waals surface area contributed by atoms with Crippen molar-refractivity contribution in [1.82, 2.24) is 4.90 Å². The predicted molar refractivity (Wildman–Crippen MR) is 121 cm³/mol. The zero-order chi connectivity index (χ0) is 21.6. The third-order valence-electron chi connectivity index (χ3n) is 6.87. The van der Waals surface area contributed by atoms with Gasteiger partial charge in [-0.15, -0.1) is 0 Å². The standard InChI is InChI=1S/C25H28N4O2/c1-25(20-10-11-20)14-23(31)29(24(26)27-25)15-17-6-5-9-21(12-17)28-16-19(13-22(28)30)18-7-3-2-4-8-18/h2-9,12,19-20H,10-11,13-16H2,1H3,(H2,26,27)/t19-,25-/m0/s1. The molecule has 2 aliphatic heterocycles. The number of hydrogen-bond donors (Lipinski definition) is 1. The molecule has 2 aromatic rings. The summed E-state index contributed by atoms with van der Waals surface area (Å²) in [6.45, 7) is 3.07. The number of nitrogens with two attached hydrogens (primary N) is 1. The number of hydrogen-bond acceptors (Lipinski definition) is 4. The molecule has 2 aromatic carbocycles. The zero-order valence-corrected chi connectivity index (χ0v) is 17.8. The number of amides is 2. The zero-order valence-electron chi connectivity index (χ0n) is 17.8. The third kappa shape index (κ3) is 3.82. The molecule has 2 amide bonds. The van der Waals surface area contributed by atoms with Gasteiger partial charge in [0.05, 0.1) is 18.5 Å². The number of guanidine groups is 1. The van der Waals surface area contributed by atoms with Gasteiger partial charge in [0.25, 0.3) is 0 Å². The lowest BCUT2D eigenvalue weighted by atomic mass is 9.90. The average molecular weight is 417 g/mol. The van der Waals surface area contributed by atoms with Crippen LogP contribution in [0.4, 0.5) is 5.69 Å². The van der Waals surface area contributed by atoms with Crippen molar-refractivity contribution in [3.8, 4) is 0 Å². The second-order valence-corrected chi connectivity index (χ2v) is 9.24. The van der Waals surface area contributed by atoms with Crippen LogP contribution < -0.4 is 10.6 Å². The van der Waals surface area contributed by atoms with Crippen molar-refractivity contribution < 1.29 is 9.59 Å². The van der Waals surface area contributed by atoms with Crippen molar-refractivity contribution in [2.75, 3.05) is 11.4 Å². The molecule has 6 nitrogen and oxygen atoms in total. The summed E-state index contributed by atoms with van der Waals surface area (Å²) in [6.07, 6.45) is 3.16. The molecule has 0 spiro atoms. The minimum atomic E-state index is -0.353. The van der Waals surface area contributed by atoms with E-state index in [1.807, 2.05) is 54.3 Å². The fourth-order valence-corrected chi connectivity index (χ4v) is 4.91. The van der Waals surface area contributed by atoms with Gasteiger partial charge < -0.3 is 10.6 Å². The first-order valence-electron chi connectivity index (χ1n) is 11.0. The summed E-state index contributed by atoms with van der Waals surface area (Å²) in [5.74, 6) is 1.12. The molecule has 0 aromatic heterocycles. The summed E-state index contributed by atoms with van der Waals surface area (Å²) in [7, 11) is 0. The molecule has 0 unspecified atom stereocenters. The second kappa shape index (κ2) is 7.52. The average Bonchev–Trinajstić information content (AvgIpc) is 3.55. The van der Waals surface area contributed by atoms with Crippen LogP contribution in [0.3, 0.4) is 0 Å². The summed E-state index contributed by atoms with van der Waals surface area (Å²) in [4.78, 5) is 33.7. The van der Waals surface area contributed by atoms with Crippen molar-refractivity contribution in [2.24, 2.45) is 16.6 Å². The molecular formula is C25H28N4O2. The number of nitrogens with zero attached hydrogens (tertiary/aromatic N) is 3. The molecule has 0 bridgehead atoms. The minimum Gasteiger partial charge on any atom is -0.369 e. The normalized spacial score (nSPS) is 26.4. The maximum atomic E-state index is 12.9. The van der Waals surface area contributed by atoms with Gasteiger partial charge >= 0.3 is 0 Å². The first kappa shape index (κ1) is 19.8. The number of carbonyl (C=O) groups is 2. The summed E-state index contributed by atoms with van der Waals surface area (Å²) in [5.41, 5.74) is 8.86. The maximum absolute atomic E-state index is 12.9. The van der Waals surface area contributed by atoms with Gasteiger partial charge in [-0.3, -0.25) is 14.5 Å². The Kier molecular flexibility index (Phi) is 4.80. The highest BCUT2D eigenvalue weighted by atomic mass is 16.2. The van der Waals surface area contributed by atoms with E-state index < -0.39 is 0 Å². The summed E-state index contributed by atoms with van der Waals surface area (Å²) in [5, 5.41) is 0. The summed E-state index contributed by atoms with van der Waals surface area (Å²) >= 11 is 0. The van der Waals surface area contributed by atoms with E-state index in [1.54, 1.807) is 4.90 Å². The maximum Gasteiger partial charge on any atom is 0.232 e. The van der Waals surface area contributed by atoms with Gasteiger partial charge in [-0.1, -0.05) is 42.5 Å². The number of benzene rings is 2. The van der Waals surface area contributed by atoms with Crippen LogP contribution in [0, 0.1) is 5.92 Å². The van der Waals surface area contributed by atoms with Gasteiger partial charge in [0, 0.05) is 24.6 Å². The Morgan fingerprint density at radius 3 is 2.55 bits per heavy atom. The van der Waals surface area contributed by atoms with E-state index in [9.17, 15) is 9.59 Å². The van der Waals surface area contributed by atoms with Crippen molar-refractivity contribution >= 4 is 23.5 Å². The van der Waals surface area contributed by atoms with Gasteiger partial charge in [0.15, 0.2) is 5.96 Å². The Morgan fingerprint density at radius 1 is 1.06 bits per heavy atom. The highest BCUT2D eigenvalue weighted by Crippen LogP contribution is 2.45. The fraction of sp³-hybridized carbons (Fsp3) is 0.400. The molecule has 31 heavy (non-hydrogen) atoms. The largest absolute Gasteiger partial charge is 0.369 e.